The van der Waals surface area contributed by atoms with Gasteiger partial charge in [-0.05, 0) is 30.9 Å². The van der Waals surface area contributed by atoms with E-state index in [4.69, 9.17) is 5.73 Å². The van der Waals surface area contributed by atoms with Crippen LogP contribution in [0.4, 0.5) is 5.69 Å². The van der Waals surface area contributed by atoms with Gasteiger partial charge in [-0.1, -0.05) is 12.1 Å². The Balaban J connectivity index is 2.51. The van der Waals surface area contributed by atoms with Gasteiger partial charge in [0, 0.05) is 23.9 Å². The molecule has 88 valence electrons. The molecule has 0 aromatic heterocycles. The molecule has 1 unspecified atom stereocenters. The Morgan fingerprint density at radius 3 is 2.56 bits per heavy atom. The van der Waals surface area contributed by atoms with Crippen molar-refractivity contribution >= 4 is 23.4 Å². The first kappa shape index (κ1) is 13.1. The fourth-order valence-electron chi connectivity index (χ4n) is 1.36. The van der Waals surface area contributed by atoms with Crippen molar-refractivity contribution in [3.8, 4) is 0 Å². The monoisotopic (exact) mass is 238 g/mol. The highest BCUT2D eigenvalue weighted by molar-refractivity contribution is 7.97. The number of thioether (sulfide) groups is 1. The second-order valence-corrected chi connectivity index (χ2v) is 4.73. The van der Waals surface area contributed by atoms with E-state index >= 15 is 0 Å². The average Bonchev–Trinajstić information content (AvgIpc) is 2.20. The fraction of sp³-hybridized carbons (Fsp3) is 0.417. The molecule has 0 radical (unpaired) electrons. The van der Waals surface area contributed by atoms with Gasteiger partial charge in [-0.3, -0.25) is 4.79 Å². The van der Waals surface area contributed by atoms with Gasteiger partial charge in [0.1, 0.15) is 0 Å². The SMILES string of the molecule is CSCc1ccc(NC(=O)CC(C)N)cc1. The molecular formula is C12H18N2OS. The minimum atomic E-state index is -0.101. The normalized spacial score (nSPS) is 12.2. The predicted molar refractivity (Wildman–Crippen MR) is 70.6 cm³/mol. The molecular weight excluding hydrogens is 220 g/mol. The van der Waals surface area contributed by atoms with Gasteiger partial charge < -0.3 is 11.1 Å². The van der Waals surface area contributed by atoms with E-state index in [1.807, 2.05) is 31.2 Å². The highest BCUT2D eigenvalue weighted by Gasteiger charge is 2.04. The van der Waals surface area contributed by atoms with Gasteiger partial charge in [0.2, 0.25) is 5.91 Å². The Kier molecular flexibility index (Phi) is 5.35. The Morgan fingerprint density at radius 2 is 2.06 bits per heavy atom. The lowest BCUT2D eigenvalue weighted by Crippen LogP contribution is -2.23. The molecule has 1 atom stereocenters. The molecule has 0 aliphatic heterocycles. The van der Waals surface area contributed by atoms with Gasteiger partial charge in [-0.25, -0.2) is 0 Å². The van der Waals surface area contributed by atoms with Crippen LogP contribution in [0.5, 0.6) is 0 Å². The van der Waals surface area contributed by atoms with E-state index in [-0.39, 0.29) is 11.9 Å². The van der Waals surface area contributed by atoms with Crippen LogP contribution in [0.3, 0.4) is 0 Å². The van der Waals surface area contributed by atoms with Crippen LogP contribution in [0, 0.1) is 0 Å². The zero-order valence-electron chi connectivity index (χ0n) is 9.69. The number of nitrogens with two attached hydrogens (primary N) is 1. The summed E-state index contributed by atoms with van der Waals surface area (Å²) in [5.41, 5.74) is 7.64. The van der Waals surface area contributed by atoms with Crippen molar-refractivity contribution in [2.24, 2.45) is 5.73 Å². The molecule has 3 N–H and O–H groups in total. The molecule has 0 aliphatic rings. The maximum absolute atomic E-state index is 11.4. The van der Waals surface area contributed by atoms with Gasteiger partial charge in [-0.2, -0.15) is 11.8 Å². The standard InChI is InChI=1S/C12H18N2OS/c1-9(13)7-12(15)14-11-5-3-10(4-6-11)8-16-2/h3-6,9H,7-8,13H2,1-2H3,(H,14,15). The molecule has 1 rings (SSSR count). The number of rotatable bonds is 5. The maximum atomic E-state index is 11.4. The minimum absolute atomic E-state index is 0.0346. The summed E-state index contributed by atoms with van der Waals surface area (Å²) in [4.78, 5) is 11.4. The van der Waals surface area contributed by atoms with Crippen molar-refractivity contribution in [1.82, 2.24) is 0 Å². The summed E-state index contributed by atoms with van der Waals surface area (Å²) in [5.74, 6) is 0.959. The first-order valence-electron chi connectivity index (χ1n) is 5.25. The number of anilines is 1. The van der Waals surface area contributed by atoms with Gasteiger partial charge in [-0.15, -0.1) is 0 Å². The first-order valence-corrected chi connectivity index (χ1v) is 6.64. The molecule has 0 fully saturated rings. The molecule has 0 aliphatic carbocycles. The molecule has 16 heavy (non-hydrogen) atoms. The molecule has 3 nitrogen and oxygen atoms in total. The third kappa shape index (κ3) is 4.68. The van der Waals surface area contributed by atoms with Crippen molar-refractivity contribution < 1.29 is 4.79 Å². The summed E-state index contributed by atoms with van der Waals surface area (Å²) in [7, 11) is 0. The zero-order valence-corrected chi connectivity index (χ0v) is 10.5. The highest BCUT2D eigenvalue weighted by Crippen LogP contribution is 2.13. The van der Waals surface area contributed by atoms with Gasteiger partial charge in [0.05, 0.1) is 0 Å². The summed E-state index contributed by atoms with van der Waals surface area (Å²) in [5, 5.41) is 2.82. The number of amides is 1. The molecule has 0 bridgehead atoms. The van der Waals surface area contributed by atoms with E-state index in [1.54, 1.807) is 11.8 Å². The van der Waals surface area contributed by atoms with Crippen LogP contribution in [-0.2, 0) is 10.5 Å². The fourth-order valence-corrected chi connectivity index (χ4v) is 1.88. The van der Waals surface area contributed by atoms with Crippen LogP contribution < -0.4 is 11.1 Å². The van der Waals surface area contributed by atoms with E-state index < -0.39 is 0 Å². The summed E-state index contributed by atoms with van der Waals surface area (Å²) in [6.07, 6.45) is 2.42. The highest BCUT2D eigenvalue weighted by atomic mass is 32.2. The van der Waals surface area contributed by atoms with Crippen LogP contribution in [0.1, 0.15) is 18.9 Å². The Bertz CT molecular complexity index is 335. The summed E-state index contributed by atoms with van der Waals surface area (Å²) < 4.78 is 0. The number of carbonyl (C=O) groups is 1. The van der Waals surface area contributed by atoms with Crippen molar-refractivity contribution in [3.63, 3.8) is 0 Å². The largest absolute Gasteiger partial charge is 0.327 e. The third-order valence-electron chi connectivity index (χ3n) is 2.06. The Morgan fingerprint density at radius 1 is 1.44 bits per heavy atom. The van der Waals surface area contributed by atoms with E-state index in [1.165, 1.54) is 5.56 Å². The Hall–Kier alpha value is -1.00. The van der Waals surface area contributed by atoms with Crippen LogP contribution >= 0.6 is 11.8 Å². The van der Waals surface area contributed by atoms with Crippen molar-refractivity contribution in [2.45, 2.75) is 25.1 Å². The first-order chi connectivity index (χ1) is 7.61. The molecule has 0 spiro atoms. The lowest BCUT2D eigenvalue weighted by atomic mass is 10.2. The molecule has 1 amide bonds. The molecule has 0 heterocycles. The molecule has 0 saturated heterocycles. The molecule has 1 aromatic carbocycles. The van der Waals surface area contributed by atoms with Crippen LogP contribution in [0.25, 0.3) is 0 Å². The molecule has 0 saturated carbocycles. The quantitative estimate of drug-likeness (QED) is 0.827. The average molecular weight is 238 g/mol. The van der Waals surface area contributed by atoms with Gasteiger partial charge >= 0.3 is 0 Å². The van der Waals surface area contributed by atoms with Crippen LogP contribution in [0.2, 0.25) is 0 Å². The number of hydrogen-bond donors (Lipinski definition) is 2. The van der Waals surface area contributed by atoms with Crippen molar-refractivity contribution in [2.75, 3.05) is 11.6 Å². The topological polar surface area (TPSA) is 55.1 Å². The summed E-state index contributed by atoms with van der Waals surface area (Å²) in [6.45, 7) is 1.82. The van der Waals surface area contributed by atoms with Gasteiger partial charge in [0.25, 0.3) is 0 Å². The lowest BCUT2D eigenvalue weighted by molar-refractivity contribution is -0.116. The number of carbonyl (C=O) groups excluding carboxylic acids is 1. The maximum Gasteiger partial charge on any atom is 0.225 e. The number of hydrogen-bond acceptors (Lipinski definition) is 3. The minimum Gasteiger partial charge on any atom is -0.327 e. The number of benzene rings is 1. The third-order valence-corrected chi connectivity index (χ3v) is 2.68. The lowest BCUT2D eigenvalue weighted by Gasteiger charge is -2.07. The van der Waals surface area contributed by atoms with E-state index in [2.05, 4.69) is 11.6 Å². The predicted octanol–water partition coefficient (Wildman–Crippen LogP) is 2.23. The van der Waals surface area contributed by atoms with E-state index in [0.717, 1.165) is 11.4 Å². The number of nitrogens with one attached hydrogen (secondary N) is 1. The summed E-state index contributed by atoms with van der Waals surface area (Å²) in [6, 6.07) is 7.79. The zero-order chi connectivity index (χ0) is 12.0. The summed E-state index contributed by atoms with van der Waals surface area (Å²) >= 11 is 1.78. The van der Waals surface area contributed by atoms with Crippen LogP contribution in [0.15, 0.2) is 24.3 Å². The van der Waals surface area contributed by atoms with Crippen molar-refractivity contribution in [3.05, 3.63) is 29.8 Å². The Labute approximate surface area is 101 Å². The van der Waals surface area contributed by atoms with E-state index in [0.29, 0.717) is 6.42 Å². The van der Waals surface area contributed by atoms with Crippen LogP contribution in [-0.4, -0.2) is 18.2 Å². The van der Waals surface area contributed by atoms with E-state index in [9.17, 15) is 4.79 Å². The second kappa shape index (κ2) is 6.55. The van der Waals surface area contributed by atoms with Crippen molar-refractivity contribution in [1.29, 1.82) is 0 Å². The van der Waals surface area contributed by atoms with Gasteiger partial charge in [0.15, 0.2) is 0 Å². The second-order valence-electron chi connectivity index (χ2n) is 3.86. The molecule has 1 aromatic rings. The molecule has 4 heteroatoms. The smallest absolute Gasteiger partial charge is 0.225 e.